The highest BCUT2D eigenvalue weighted by Gasteiger charge is 2.18. The second kappa shape index (κ2) is 7.85. The molecule has 8 heteroatoms. The number of anilines is 1. The number of likely N-dealkylation sites (N-methyl/N-ethyl adjacent to an activating group) is 1. The van der Waals surface area contributed by atoms with Crippen molar-refractivity contribution in [3.8, 4) is 0 Å². The zero-order valence-electron chi connectivity index (χ0n) is 12.9. The lowest BCUT2D eigenvalue weighted by atomic mass is 10.2. The molecule has 0 fully saturated rings. The summed E-state index contributed by atoms with van der Waals surface area (Å²) in [7, 11) is 1.77. The molecule has 2 rings (SSSR count). The zero-order valence-corrected chi connectivity index (χ0v) is 13.6. The Morgan fingerprint density at radius 3 is 2.75 bits per heavy atom. The molecule has 1 unspecified atom stereocenters. The third-order valence-corrected chi connectivity index (χ3v) is 3.52. The number of rotatable bonds is 6. The molecule has 6 nitrogen and oxygen atoms in total. The van der Waals surface area contributed by atoms with Crippen LogP contribution in [0.4, 0.5) is 15.8 Å². The minimum absolute atomic E-state index is 0.0519. The van der Waals surface area contributed by atoms with Gasteiger partial charge >= 0.3 is 0 Å². The summed E-state index contributed by atoms with van der Waals surface area (Å²) in [6, 6.07) is 10.1. The smallest absolute Gasteiger partial charge is 0.292 e. The van der Waals surface area contributed by atoms with Crippen LogP contribution in [-0.2, 0) is 11.3 Å². The molecule has 0 heterocycles. The van der Waals surface area contributed by atoms with E-state index in [9.17, 15) is 19.3 Å². The van der Waals surface area contributed by atoms with Gasteiger partial charge in [0.1, 0.15) is 18.0 Å². The highest BCUT2D eigenvalue weighted by Crippen LogP contribution is 2.27. The number of hydrogen-bond donors (Lipinski definition) is 2. The molecule has 24 heavy (non-hydrogen) atoms. The molecule has 0 bridgehead atoms. The standard InChI is InChI=1S/C16H15ClFN3O3/c1-20(9-11-3-2-4-13(18)7-11)10-16(22)19-14-8-12(17)5-6-15(14)21(23)24/h2-8H,9-10H2,1H3,(H,19,22)/p+1. The van der Waals surface area contributed by atoms with Crippen molar-refractivity contribution in [1.82, 2.24) is 0 Å². The Hall–Kier alpha value is -2.51. The fourth-order valence-corrected chi connectivity index (χ4v) is 2.47. The summed E-state index contributed by atoms with van der Waals surface area (Å²) < 4.78 is 13.2. The maximum absolute atomic E-state index is 13.2. The Bertz CT molecular complexity index is 770. The first kappa shape index (κ1) is 17.8. The summed E-state index contributed by atoms with van der Waals surface area (Å²) in [4.78, 5) is 23.3. The second-order valence-corrected chi connectivity index (χ2v) is 5.84. The lowest BCUT2D eigenvalue weighted by Gasteiger charge is -2.14. The van der Waals surface area contributed by atoms with Crippen LogP contribution < -0.4 is 10.2 Å². The predicted molar refractivity (Wildman–Crippen MR) is 88.6 cm³/mol. The minimum atomic E-state index is -0.588. The summed E-state index contributed by atoms with van der Waals surface area (Å²) in [6.07, 6.45) is 0. The molecule has 2 aromatic carbocycles. The number of benzene rings is 2. The number of halogens is 2. The molecule has 0 spiro atoms. The molecule has 0 aliphatic rings. The summed E-state index contributed by atoms with van der Waals surface area (Å²) in [5.74, 6) is -0.728. The number of amides is 1. The van der Waals surface area contributed by atoms with E-state index in [-0.39, 0.29) is 28.8 Å². The van der Waals surface area contributed by atoms with Gasteiger partial charge in [-0.2, -0.15) is 0 Å². The van der Waals surface area contributed by atoms with E-state index in [1.165, 1.54) is 30.3 Å². The number of hydrogen-bond acceptors (Lipinski definition) is 3. The van der Waals surface area contributed by atoms with Gasteiger partial charge in [-0.3, -0.25) is 14.9 Å². The fourth-order valence-electron chi connectivity index (χ4n) is 2.29. The number of nitro benzene ring substituents is 1. The van der Waals surface area contributed by atoms with E-state index in [4.69, 9.17) is 11.6 Å². The zero-order chi connectivity index (χ0) is 17.7. The first-order valence-corrected chi connectivity index (χ1v) is 7.52. The van der Waals surface area contributed by atoms with Gasteiger partial charge in [0.05, 0.1) is 12.0 Å². The van der Waals surface area contributed by atoms with E-state index >= 15 is 0 Å². The van der Waals surface area contributed by atoms with E-state index in [1.807, 2.05) is 0 Å². The van der Waals surface area contributed by atoms with Crippen LogP contribution in [-0.4, -0.2) is 24.4 Å². The molecule has 0 radical (unpaired) electrons. The van der Waals surface area contributed by atoms with Crippen LogP contribution >= 0.6 is 11.6 Å². The highest BCUT2D eigenvalue weighted by molar-refractivity contribution is 6.31. The van der Waals surface area contributed by atoms with Crippen LogP contribution in [0.2, 0.25) is 5.02 Å². The SMILES string of the molecule is C[NH+](CC(=O)Nc1cc(Cl)ccc1[N+](=O)[O-])Cc1cccc(F)c1. The first-order valence-electron chi connectivity index (χ1n) is 7.14. The molecule has 126 valence electrons. The number of carbonyl (C=O) groups is 1. The summed E-state index contributed by atoms with van der Waals surface area (Å²) in [5.41, 5.74) is 0.584. The number of nitrogens with zero attached hydrogens (tertiary/aromatic N) is 1. The van der Waals surface area contributed by atoms with Crippen molar-refractivity contribution in [1.29, 1.82) is 0 Å². The van der Waals surface area contributed by atoms with Gasteiger partial charge in [0, 0.05) is 16.7 Å². The van der Waals surface area contributed by atoms with Crippen molar-refractivity contribution in [2.24, 2.45) is 0 Å². The number of carbonyl (C=O) groups excluding carboxylic acids is 1. The minimum Gasteiger partial charge on any atom is -0.326 e. The van der Waals surface area contributed by atoms with Crippen LogP contribution in [0.3, 0.4) is 0 Å². The largest absolute Gasteiger partial charge is 0.326 e. The van der Waals surface area contributed by atoms with Crippen LogP contribution in [0, 0.1) is 15.9 Å². The van der Waals surface area contributed by atoms with Crippen molar-refractivity contribution in [3.05, 3.63) is 69.0 Å². The predicted octanol–water partition coefficient (Wildman–Crippen LogP) is 2.04. The molecule has 2 N–H and O–H groups in total. The third-order valence-electron chi connectivity index (χ3n) is 3.29. The Morgan fingerprint density at radius 1 is 1.33 bits per heavy atom. The van der Waals surface area contributed by atoms with Crippen LogP contribution in [0.25, 0.3) is 0 Å². The van der Waals surface area contributed by atoms with Gasteiger partial charge in [0.15, 0.2) is 6.54 Å². The van der Waals surface area contributed by atoms with Crippen molar-refractivity contribution in [3.63, 3.8) is 0 Å². The molecule has 2 aromatic rings. The van der Waals surface area contributed by atoms with Crippen LogP contribution in [0.15, 0.2) is 42.5 Å². The Morgan fingerprint density at radius 2 is 2.08 bits per heavy atom. The Labute approximate surface area is 143 Å². The average Bonchev–Trinajstić information content (AvgIpc) is 2.46. The molecule has 1 amide bonds. The summed E-state index contributed by atoms with van der Waals surface area (Å²) in [6.45, 7) is 0.517. The Kier molecular flexibility index (Phi) is 5.83. The maximum atomic E-state index is 13.2. The van der Waals surface area contributed by atoms with Crippen molar-refractivity contribution in [2.75, 3.05) is 18.9 Å². The molecule has 0 saturated heterocycles. The molecule has 1 atom stereocenters. The van der Waals surface area contributed by atoms with Crippen LogP contribution in [0.5, 0.6) is 0 Å². The van der Waals surface area contributed by atoms with E-state index in [2.05, 4.69) is 5.32 Å². The maximum Gasteiger partial charge on any atom is 0.292 e. The van der Waals surface area contributed by atoms with E-state index < -0.39 is 10.8 Å². The average molecular weight is 353 g/mol. The quantitative estimate of drug-likeness (QED) is 0.617. The second-order valence-electron chi connectivity index (χ2n) is 5.41. The van der Waals surface area contributed by atoms with Gasteiger partial charge in [0.2, 0.25) is 0 Å². The van der Waals surface area contributed by atoms with Gasteiger partial charge in [-0.15, -0.1) is 0 Å². The third kappa shape index (κ3) is 5.00. The molecular weight excluding hydrogens is 337 g/mol. The summed E-state index contributed by atoms with van der Waals surface area (Å²) in [5, 5.41) is 13.8. The van der Waals surface area contributed by atoms with E-state index in [0.717, 1.165) is 10.5 Å². The normalized spacial score (nSPS) is 11.8. The van der Waals surface area contributed by atoms with Crippen molar-refractivity contribution < 1.29 is 19.0 Å². The molecule has 0 aliphatic carbocycles. The van der Waals surface area contributed by atoms with Crippen molar-refractivity contribution >= 4 is 28.9 Å². The Balaban J connectivity index is 2.00. The number of nitro groups is 1. The van der Waals surface area contributed by atoms with Gasteiger partial charge < -0.3 is 10.2 Å². The molecule has 0 aromatic heterocycles. The van der Waals surface area contributed by atoms with Crippen molar-refractivity contribution in [2.45, 2.75) is 6.54 Å². The van der Waals surface area contributed by atoms with Gasteiger partial charge in [-0.25, -0.2) is 4.39 Å². The van der Waals surface area contributed by atoms with Gasteiger partial charge in [-0.1, -0.05) is 23.7 Å². The molecule has 0 saturated carbocycles. The fraction of sp³-hybridized carbons (Fsp3) is 0.188. The summed E-state index contributed by atoms with van der Waals surface area (Å²) >= 11 is 5.82. The molecule has 0 aliphatic heterocycles. The van der Waals surface area contributed by atoms with Gasteiger partial charge in [0.25, 0.3) is 11.6 Å². The lowest BCUT2D eigenvalue weighted by molar-refractivity contribution is -0.885. The lowest BCUT2D eigenvalue weighted by Crippen LogP contribution is -3.08. The highest BCUT2D eigenvalue weighted by atomic mass is 35.5. The molecular formula is C16H16ClFN3O3+. The monoisotopic (exact) mass is 352 g/mol. The van der Waals surface area contributed by atoms with E-state index in [1.54, 1.807) is 19.2 Å². The van der Waals surface area contributed by atoms with Crippen LogP contribution in [0.1, 0.15) is 5.56 Å². The topological polar surface area (TPSA) is 76.7 Å². The first-order chi connectivity index (χ1) is 11.3. The van der Waals surface area contributed by atoms with Gasteiger partial charge in [-0.05, 0) is 24.3 Å². The number of nitrogens with one attached hydrogen (secondary N) is 2. The number of quaternary nitrogens is 1. The van der Waals surface area contributed by atoms with E-state index in [0.29, 0.717) is 6.54 Å².